The number of anilines is 1. The van der Waals surface area contributed by atoms with Crippen LogP contribution in [-0.4, -0.2) is 38.1 Å². The molecule has 0 aliphatic heterocycles. The van der Waals surface area contributed by atoms with Crippen molar-refractivity contribution in [1.82, 2.24) is 10.3 Å². The quantitative estimate of drug-likeness (QED) is 0.665. The van der Waals surface area contributed by atoms with E-state index in [9.17, 15) is 9.59 Å². The number of benzene rings is 1. The lowest BCUT2D eigenvalue weighted by molar-refractivity contribution is -0.120. The first-order valence-corrected chi connectivity index (χ1v) is 9.72. The van der Waals surface area contributed by atoms with E-state index in [1.54, 1.807) is 31.7 Å². The molecule has 150 valence electrons. The minimum absolute atomic E-state index is 0.00718. The molecule has 3 rings (SSSR count). The molecule has 0 spiro atoms. The van der Waals surface area contributed by atoms with Gasteiger partial charge in [0.05, 0.1) is 33.4 Å². The second kappa shape index (κ2) is 8.92. The van der Waals surface area contributed by atoms with Gasteiger partial charge in [0, 0.05) is 17.8 Å². The van der Waals surface area contributed by atoms with Crippen LogP contribution in [0.4, 0.5) is 5.13 Å². The molecule has 1 aromatic carbocycles. The van der Waals surface area contributed by atoms with Crippen molar-refractivity contribution >= 4 is 28.3 Å². The highest BCUT2D eigenvalue weighted by Crippen LogP contribution is 2.38. The molecule has 0 atom stereocenters. The number of aromatic nitrogens is 1. The number of nitrogens with one attached hydrogen (secondary N) is 2. The van der Waals surface area contributed by atoms with E-state index in [2.05, 4.69) is 15.6 Å². The van der Waals surface area contributed by atoms with Crippen LogP contribution < -0.4 is 24.8 Å². The first kappa shape index (κ1) is 19.9. The summed E-state index contributed by atoms with van der Waals surface area (Å²) in [6, 6.07) is 3.58. The van der Waals surface area contributed by atoms with E-state index in [1.165, 1.54) is 18.4 Å². The zero-order valence-corrected chi connectivity index (χ0v) is 16.9. The fraction of sp³-hybridized carbons (Fsp3) is 0.421. The Labute approximate surface area is 167 Å². The summed E-state index contributed by atoms with van der Waals surface area (Å²) in [6.07, 6.45) is 2.01. The summed E-state index contributed by atoms with van der Waals surface area (Å²) < 4.78 is 15.9. The minimum Gasteiger partial charge on any atom is -0.493 e. The van der Waals surface area contributed by atoms with Gasteiger partial charge in [-0.15, -0.1) is 11.3 Å². The predicted molar refractivity (Wildman–Crippen MR) is 105 cm³/mol. The van der Waals surface area contributed by atoms with Crippen LogP contribution in [0.2, 0.25) is 0 Å². The van der Waals surface area contributed by atoms with Crippen molar-refractivity contribution in [3.8, 4) is 17.2 Å². The van der Waals surface area contributed by atoms with Crippen molar-refractivity contribution in [3.63, 3.8) is 0 Å². The molecule has 2 N–H and O–H groups in total. The summed E-state index contributed by atoms with van der Waals surface area (Å²) in [7, 11) is 4.62. The fourth-order valence-electron chi connectivity index (χ4n) is 2.66. The summed E-state index contributed by atoms with van der Waals surface area (Å²) in [6.45, 7) is 0.310. The van der Waals surface area contributed by atoms with Crippen molar-refractivity contribution in [2.24, 2.45) is 5.92 Å². The topological polar surface area (TPSA) is 98.8 Å². The molecule has 0 saturated heterocycles. The average Bonchev–Trinajstić information content (AvgIpc) is 3.47. The monoisotopic (exact) mass is 405 g/mol. The zero-order chi connectivity index (χ0) is 20.1. The molecule has 9 heteroatoms. The van der Waals surface area contributed by atoms with E-state index in [4.69, 9.17) is 14.2 Å². The van der Waals surface area contributed by atoms with Gasteiger partial charge in [0.1, 0.15) is 0 Å². The van der Waals surface area contributed by atoms with Gasteiger partial charge in [-0.25, -0.2) is 4.98 Å². The zero-order valence-electron chi connectivity index (χ0n) is 16.0. The van der Waals surface area contributed by atoms with E-state index in [1.807, 2.05) is 0 Å². The third-order valence-corrected chi connectivity index (χ3v) is 5.09. The molecule has 8 nitrogen and oxygen atoms in total. The lowest BCUT2D eigenvalue weighted by Crippen LogP contribution is -2.24. The van der Waals surface area contributed by atoms with E-state index < -0.39 is 0 Å². The van der Waals surface area contributed by atoms with Gasteiger partial charge < -0.3 is 24.8 Å². The Bertz CT molecular complexity index is 838. The number of methoxy groups -OCH3 is 3. The van der Waals surface area contributed by atoms with Crippen LogP contribution in [0.25, 0.3) is 0 Å². The van der Waals surface area contributed by atoms with E-state index >= 15 is 0 Å². The Morgan fingerprint density at radius 2 is 1.82 bits per heavy atom. The number of ether oxygens (including phenoxy) is 3. The van der Waals surface area contributed by atoms with Crippen molar-refractivity contribution in [2.75, 3.05) is 26.6 Å². The van der Waals surface area contributed by atoms with Gasteiger partial charge in [0.15, 0.2) is 16.6 Å². The fourth-order valence-corrected chi connectivity index (χ4v) is 3.38. The molecule has 0 bridgehead atoms. The maximum Gasteiger partial charge on any atom is 0.229 e. The molecular formula is C19H23N3O5S. The lowest BCUT2D eigenvalue weighted by atomic mass is 10.1. The predicted octanol–water partition coefficient (Wildman–Crippen LogP) is 2.38. The van der Waals surface area contributed by atoms with Gasteiger partial charge in [-0.1, -0.05) is 0 Å². The molecule has 0 unspecified atom stereocenters. The molecule has 1 heterocycles. The number of nitrogens with zero attached hydrogens (tertiary/aromatic N) is 1. The highest BCUT2D eigenvalue weighted by Gasteiger charge is 2.30. The van der Waals surface area contributed by atoms with Gasteiger partial charge in [0.2, 0.25) is 17.6 Å². The maximum atomic E-state index is 12.2. The Kier molecular flexibility index (Phi) is 6.35. The second-order valence-corrected chi connectivity index (χ2v) is 7.25. The lowest BCUT2D eigenvalue weighted by Gasteiger charge is -2.14. The molecule has 1 aliphatic carbocycles. The Morgan fingerprint density at radius 3 is 2.39 bits per heavy atom. The number of hydrogen-bond donors (Lipinski definition) is 2. The number of carbonyl (C=O) groups is 2. The number of rotatable bonds is 9. The van der Waals surface area contributed by atoms with Gasteiger partial charge >= 0.3 is 0 Å². The third kappa shape index (κ3) is 4.92. The molecule has 1 aromatic heterocycles. The van der Waals surface area contributed by atoms with Crippen molar-refractivity contribution in [2.45, 2.75) is 25.8 Å². The van der Waals surface area contributed by atoms with Crippen molar-refractivity contribution in [3.05, 3.63) is 28.8 Å². The largest absolute Gasteiger partial charge is 0.493 e. The second-order valence-electron chi connectivity index (χ2n) is 6.39. The van der Waals surface area contributed by atoms with Crippen LogP contribution >= 0.6 is 11.3 Å². The summed E-state index contributed by atoms with van der Waals surface area (Å²) in [5, 5.41) is 7.95. The summed E-state index contributed by atoms with van der Waals surface area (Å²) in [4.78, 5) is 28.3. The van der Waals surface area contributed by atoms with Crippen LogP contribution in [0.3, 0.4) is 0 Å². The summed E-state index contributed by atoms with van der Waals surface area (Å²) in [5.74, 6) is 1.52. The molecule has 1 saturated carbocycles. The van der Waals surface area contributed by atoms with Gasteiger partial charge in [-0.3, -0.25) is 9.59 Å². The maximum absolute atomic E-state index is 12.2. The number of hydrogen-bond acceptors (Lipinski definition) is 7. The Morgan fingerprint density at radius 1 is 1.14 bits per heavy atom. The number of carbonyl (C=O) groups excluding carboxylic acids is 2. The van der Waals surface area contributed by atoms with Crippen LogP contribution in [0, 0.1) is 5.92 Å². The van der Waals surface area contributed by atoms with Gasteiger partial charge in [-0.2, -0.15) is 0 Å². The van der Waals surface area contributed by atoms with Crippen LogP contribution in [0.5, 0.6) is 17.2 Å². The van der Waals surface area contributed by atoms with Gasteiger partial charge in [0.25, 0.3) is 0 Å². The van der Waals surface area contributed by atoms with Crippen LogP contribution in [0.15, 0.2) is 17.5 Å². The van der Waals surface area contributed by atoms with Gasteiger partial charge in [-0.05, 0) is 30.5 Å². The van der Waals surface area contributed by atoms with Crippen molar-refractivity contribution < 1.29 is 23.8 Å². The van der Waals surface area contributed by atoms with Crippen molar-refractivity contribution in [1.29, 1.82) is 0 Å². The molecule has 1 fully saturated rings. The molecule has 2 amide bonds. The van der Waals surface area contributed by atoms with Crippen LogP contribution in [-0.2, 0) is 22.6 Å². The third-order valence-electron chi connectivity index (χ3n) is 4.29. The van der Waals surface area contributed by atoms with E-state index in [0.29, 0.717) is 34.6 Å². The average molecular weight is 405 g/mol. The molecule has 28 heavy (non-hydrogen) atoms. The first-order valence-electron chi connectivity index (χ1n) is 8.85. The standard InChI is InChI=1S/C19H23N3O5S/c1-25-14-6-11(7-15(26-2)17(14)27-3)9-20-16(23)8-13-10-28-19(21-13)22-18(24)12-4-5-12/h6-7,10,12H,4-5,8-9H2,1-3H3,(H,20,23)(H,21,22,24). The SMILES string of the molecule is COc1cc(CNC(=O)Cc2csc(NC(=O)C3CC3)n2)cc(OC)c1OC. The number of amides is 2. The number of thiazole rings is 1. The molecule has 1 aliphatic rings. The highest BCUT2D eigenvalue weighted by molar-refractivity contribution is 7.13. The Hall–Kier alpha value is -2.81. The smallest absolute Gasteiger partial charge is 0.229 e. The minimum atomic E-state index is -0.167. The summed E-state index contributed by atoms with van der Waals surface area (Å²) >= 11 is 1.32. The molecule has 2 aromatic rings. The Balaban J connectivity index is 1.55. The molecule has 0 radical (unpaired) electrons. The van der Waals surface area contributed by atoms with E-state index in [0.717, 1.165) is 18.4 Å². The molecular weight excluding hydrogens is 382 g/mol. The van der Waals surface area contributed by atoms with Crippen LogP contribution in [0.1, 0.15) is 24.1 Å². The highest BCUT2D eigenvalue weighted by atomic mass is 32.1. The summed E-state index contributed by atoms with van der Waals surface area (Å²) in [5.41, 5.74) is 1.44. The first-order chi connectivity index (χ1) is 13.5. The normalized spacial score (nSPS) is 13.0. The van der Waals surface area contributed by atoms with E-state index in [-0.39, 0.29) is 24.2 Å².